The fourth-order valence-corrected chi connectivity index (χ4v) is 4.25. The second-order valence-electron chi connectivity index (χ2n) is 8.26. The number of benzene rings is 2. The van der Waals surface area contributed by atoms with Crippen LogP contribution in [0.1, 0.15) is 12.5 Å². The predicted octanol–water partition coefficient (Wildman–Crippen LogP) is 4.83. The summed E-state index contributed by atoms with van der Waals surface area (Å²) in [5.74, 6) is 0.761. The SMILES string of the molecule is CCN(Cc1cc(Nc2ccnc3cc(Cl)ccc23)ccc1OC)C(=O)N1CCN(C)CC1. The van der Waals surface area contributed by atoms with E-state index in [0.29, 0.717) is 18.1 Å². The van der Waals surface area contributed by atoms with Crippen molar-refractivity contribution in [3.8, 4) is 5.75 Å². The molecule has 0 bridgehead atoms. The zero-order valence-corrected chi connectivity index (χ0v) is 20.1. The Kier molecular flexibility index (Phi) is 7.20. The number of methoxy groups -OCH3 is 1. The molecule has 0 atom stereocenters. The first kappa shape index (κ1) is 23.1. The number of hydrogen-bond acceptors (Lipinski definition) is 5. The molecule has 1 saturated heterocycles. The Morgan fingerprint density at radius 3 is 2.67 bits per heavy atom. The highest BCUT2D eigenvalue weighted by molar-refractivity contribution is 6.31. The van der Waals surface area contributed by atoms with Crippen LogP contribution in [0, 0.1) is 0 Å². The molecule has 1 N–H and O–H groups in total. The smallest absolute Gasteiger partial charge is 0.320 e. The Bertz CT molecular complexity index is 1130. The largest absolute Gasteiger partial charge is 0.496 e. The lowest BCUT2D eigenvalue weighted by atomic mass is 10.1. The van der Waals surface area contributed by atoms with Gasteiger partial charge in [0.05, 0.1) is 19.2 Å². The van der Waals surface area contributed by atoms with E-state index in [4.69, 9.17) is 16.3 Å². The van der Waals surface area contributed by atoms with E-state index in [2.05, 4.69) is 22.2 Å². The van der Waals surface area contributed by atoms with Crippen molar-refractivity contribution in [2.75, 3.05) is 52.2 Å². The van der Waals surface area contributed by atoms with Gasteiger partial charge in [-0.2, -0.15) is 0 Å². The summed E-state index contributed by atoms with van der Waals surface area (Å²) < 4.78 is 5.61. The zero-order valence-electron chi connectivity index (χ0n) is 19.3. The molecule has 1 aromatic heterocycles. The lowest BCUT2D eigenvalue weighted by Crippen LogP contribution is -2.51. The molecular formula is C25H30ClN5O2. The summed E-state index contributed by atoms with van der Waals surface area (Å²) in [5.41, 5.74) is 3.63. The van der Waals surface area contributed by atoms with E-state index in [1.165, 1.54) is 0 Å². The van der Waals surface area contributed by atoms with Crippen LogP contribution in [-0.4, -0.2) is 72.6 Å². The van der Waals surface area contributed by atoms with Crippen molar-refractivity contribution < 1.29 is 9.53 Å². The number of piperazine rings is 1. The van der Waals surface area contributed by atoms with Crippen molar-refractivity contribution in [1.82, 2.24) is 19.7 Å². The van der Waals surface area contributed by atoms with Gasteiger partial charge in [-0.05, 0) is 56.4 Å². The first-order valence-electron chi connectivity index (χ1n) is 11.2. The molecule has 4 rings (SSSR count). The molecule has 8 heteroatoms. The van der Waals surface area contributed by atoms with Crippen LogP contribution in [0.25, 0.3) is 10.9 Å². The third kappa shape index (κ3) is 5.31. The van der Waals surface area contributed by atoms with Crippen LogP contribution in [0.4, 0.5) is 16.2 Å². The number of rotatable bonds is 6. The van der Waals surface area contributed by atoms with Crippen LogP contribution in [0.15, 0.2) is 48.7 Å². The van der Waals surface area contributed by atoms with E-state index >= 15 is 0 Å². The minimum Gasteiger partial charge on any atom is -0.496 e. The first-order chi connectivity index (χ1) is 16.0. The fraction of sp³-hybridized carbons (Fsp3) is 0.360. The van der Waals surface area contributed by atoms with Crippen LogP contribution >= 0.6 is 11.6 Å². The van der Waals surface area contributed by atoms with Crippen molar-refractivity contribution in [2.45, 2.75) is 13.5 Å². The average Bonchev–Trinajstić information content (AvgIpc) is 2.82. The zero-order chi connectivity index (χ0) is 23.4. The van der Waals surface area contributed by atoms with E-state index in [9.17, 15) is 4.79 Å². The van der Waals surface area contributed by atoms with Crippen LogP contribution in [0.3, 0.4) is 0 Å². The van der Waals surface area contributed by atoms with Gasteiger partial charge >= 0.3 is 6.03 Å². The number of fused-ring (bicyclic) bond motifs is 1. The summed E-state index contributed by atoms with van der Waals surface area (Å²) in [6, 6.07) is 13.6. The molecule has 174 valence electrons. The highest BCUT2D eigenvalue weighted by Crippen LogP contribution is 2.30. The van der Waals surface area contributed by atoms with Crippen molar-refractivity contribution in [2.24, 2.45) is 0 Å². The lowest BCUT2D eigenvalue weighted by molar-refractivity contribution is 0.121. The van der Waals surface area contributed by atoms with Gasteiger partial charge in [-0.3, -0.25) is 4.98 Å². The third-order valence-electron chi connectivity index (χ3n) is 6.05. The second kappa shape index (κ2) is 10.3. The quantitative estimate of drug-likeness (QED) is 0.562. The molecule has 3 aromatic rings. The normalized spacial score (nSPS) is 14.4. The molecule has 0 aliphatic carbocycles. The number of carbonyl (C=O) groups is 1. The van der Waals surface area contributed by atoms with Crippen LogP contribution in [0.2, 0.25) is 5.02 Å². The highest BCUT2D eigenvalue weighted by Gasteiger charge is 2.24. The molecule has 2 amide bonds. The minimum atomic E-state index is 0.0722. The number of pyridine rings is 1. The molecule has 2 heterocycles. The molecule has 33 heavy (non-hydrogen) atoms. The maximum Gasteiger partial charge on any atom is 0.320 e. The van der Waals surface area contributed by atoms with E-state index in [1.807, 2.05) is 59.2 Å². The topological polar surface area (TPSA) is 60.9 Å². The van der Waals surface area contributed by atoms with Crippen molar-refractivity contribution in [1.29, 1.82) is 0 Å². The van der Waals surface area contributed by atoms with E-state index in [1.54, 1.807) is 13.3 Å². The summed E-state index contributed by atoms with van der Waals surface area (Å²) in [6.45, 7) is 6.42. The van der Waals surface area contributed by atoms with Gasteiger partial charge in [-0.15, -0.1) is 0 Å². The molecule has 0 radical (unpaired) electrons. The van der Waals surface area contributed by atoms with Gasteiger partial charge in [-0.1, -0.05) is 11.6 Å². The van der Waals surface area contributed by atoms with Gasteiger partial charge < -0.3 is 24.8 Å². The molecule has 0 spiro atoms. The standard InChI is InChI=1S/C25H30ClN5O2/c1-4-30(25(32)31-13-11-29(2)12-14-31)17-18-15-20(6-8-24(18)33-3)28-22-9-10-27-23-16-19(26)5-7-21(22)23/h5-10,15-16H,4,11-14,17H2,1-3H3,(H,27,28). The minimum absolute atomic E-state index is 0.0722. The van der Waals surface area contributed by atoms with E-state index in [0.717, 1.165) is 59.8 Å². The van der Waals surface area contributed by atoms with Crippen LogP contribution in [0.5, 0.6) is 5.75 Å². The molecule has 1 aliphatic rings. The van der Waals surface area contributed by atoms with Crippen LogP contribution in [-0.2, 0) is 6.54 Å². The number of carbonyl (C=O) groups excluding carboxylic acids is 1. The van der Waals surface area contributed by atoms with Gasteiger partial charge in [-0.25, -0.2) is 4.79 Å². The Morgan fingerprint density at radius 1 is 1.15 bits per heavy atom. The summed E-state index contributed by atoms with van der Waals surface area (Å²) in [4.78, 5) is 23.6. The first-order valence-corrected chi connectivity index (χ1v) is 11.6. The van der Waals surface area contributed by atoms with E-state index < -0.39 is 0 Å². The number of likely N-dealkylation sites (N-methyl/N-ethyl adjacent to an activating group) is 1. The Balaban J connectivity index is 1.56. The van der Waals surface area contributed by atoms with Gasteiger partial charge in [0, 0.05) is 66.3 Å². The number of nitrogens with one attached hydrogen (secondary N) is 1. The van der Waals surface area contributed by atoms with Gasteiger partial charge in [0.25, 0.3) is 0 Å². The number of nitrogens with zero attached hydrogens (tertiary/aromatic N) is 4. The number of amides is 2. The van der Waals surface area contributed by atoms with E-state index in [-0.39, 0.29) is 6.03 Å². The van der Waals surface area contributed by atoms with Gasteiger partial charge in [0.2, 0.25) is 0 Å². The summed E-state index contributed by atoms with van der Waals surface area (Å²) >= 11 is 6.12. The van der Waals surface area contributed by atoms with Crippen LogP contribution < -0.4 is 10.1 Å². The predicted molar refractivity (Wildman–Crippen MR) is 134 cm³/mol. The van der Waals surface area contributed by atoms with Crippen molar-refractivity contribution in [3.63, 3.8) is 0 Å². The van der Waals surface area contributed by atoms with Crippen molar-refractivity contribution in [3.05, 3.63) is 59.2 Å². The van der Waals surface area contributed by atoms with Gasteiger partial charge in [0.1, 0.15) is 5.75 Å². The number of urea groups is 1. The number of anilines is 2. The summed E-state index contributed by atoms with van der Waals surface area (Å²) in [6.07, 6.45) is 1.76. The Hall–Kier alpha value is -3.03. The molecule has 0 saturated carbocycles. The maximum atomic E-state index is 13.1. The fourth-order valence-electron chi connectivity index (χ4n) is 4.08. The molecule has 1 aliphatic heterocycles. The number of halogens is 1. The Morgan fingerprint density at radius 2 is 1.94 bits per heavy atom. The number of aromatic nitrogens is 1. The lowest BCUT2D eigenvalue weighted by Gasteiger charge is -2.36. The number of hydrogen-bond donors (Lipinski definition) is 1. The van der Waals surface area contributed by atoms with Gasteiger partial charge in [0.15, 0.2) is 0 Å². The molecule has 1 fully saturated rings. The highest BCUT2D eigenvalue weighted by atomic mass is 35.5. The average molecular weight is 468 g/mol. The molecular weight excluding hydrogens is 438 g/mol. The second-order valence-corrected chi connectivity index (χ2v) is 8.70. The monoisotopic (exact) mass is 467 g/mol. The third-order valence-corrected chi connectivity index (χ3v) is 6.29. The number of ether oxygens (including phenoxy) is 1. The summed E-state index contributed by atoms with van der Waals surface area (Å²) in [5, 5.41) is 5.13. The molecule has 7 nitrogen and oxygen atoms in total. The summed E-state index contributed by atoms with van der Waals surface area (Å²) in [7, 11) is 3.74. The molecule has 2 aromatic carbocycles. The van der Waals surface area contributed by atoms with Crippen molar-refractivity contribution >= 4 is 39.9 Å². The maximum absolute atomic E-state index is 13.1. The molecule has 0 unspecified atom stereocenters. The Labute approximate surface area is 199 Å².